The van der Waals surface area contributed by atoms with Crippen LogP contribution in [0.4, 0.5) is 24.5 Å². The minimum atomic E-state index is -4.38. The molecule has 0 aliphatic heterocycles. The number of rotatable bonds is 3. The van der Waals surface area contributed by atoms with Gasteiger partial charge in [-0.2, -0.15) is 13.2 Å². The van der Waals surface area contributed by atoms with E-state index in [0.29, 0.717) is 5.69 Å². The van der Waals surface area contributed by atoms with Crippen LogP contribution in [0.5, 0.6) is 0 Å². The van der Waals surface area contributed by atoms with Gasteiger partial charge in [-0.1, -0.05) is 30.3 Å². The molecule has 0 heterocycles. The molecule has 0 bridgehead atoms. The Kier molecular flexibility index (Phi) is 3.88. The Balaban J connectivity index is 2.18. The first-order chi connectivity index (χ1) is 9.38. The zero-order chi connectivity index (χ0) is 14.8. The van der Waals surface area contributed by atoms with E-state index in [9.17, 15) is 13.2 Å². The third-order valence-corrected chi connectivity index (χ3v) is 3.05. The molecule has 2 rings (SSSR count). The lowest BCUT2D eigenvalue weighted by atomic mass is 10.1. The Morgan fingerprint density at radius 3 is 2.25 bits per heavy atom. The number of hydrogen-bond donors (Lipinski definition) is 2. The second-order valence-electron chi connectivity index (χ2n) is 4.58. The lowest BCUT2D eigenvalue weighted by Gasteiger charge is -2.18. The monoisotopic (exact) mass is 280 g/mol. The van der Waals surface area contributed by atoms with Crippen LogP contribution in [-0.4, -0.2) is 0 Å². The van der Waals surface area contributed by atoms with Crippen LogP contribution in [0.15, 0.2) is 48.5 Å². The van der Waals surface area contributed by atoms with Gasteiger partial charge in [0.05, 0.1) is 16.9 Å². The van der Waals surface area contributed by atoms with Crippen molar-refractivity contribution in [2.45, 2.75) is 19.1 Å². The molecule has 2 aromatic rings. The highest BCUT2D eigenvalue weighted by molar-refractivity contribution is 5.67. The lowest BCUT2D eigenvalue weighted by molar-refractivity contribution is -0.137. The second-order valence-corrected chi connectivity index (χ2v) is 4.58. The molecular weight excluding hydrogens is 265 g/mol. The zero-order valence-electron chi connectivity index (χ0n) is 10.9. The molecule has 0 aromatic heterocycles. The Morgan fingerprint density at radius 2 is 1.70 bits per heavy atom. The first kappa shape index (κ1) is 14.2. The van der Waals surface area contributed by atoms with Crippen molar-refractivity contribution in [2.75, 3.05) is 11.1 Å². The minimum Gasteiger partial charge on any atom is -0.397 e. The molecule has 0 aliphatic carbocycles. The van der Waals surface area contributed by atoms with Crippen LogP contribution in [0.2, 0.25) is 0 Å². The maximum atomic E-state index is 12.6. The number of nitrogens with one attached hydrogen (secondary N) is 1. The smallest absolute Gasteiger partial charge is 0.397 e. The van der Waals surface area contributed by atoms with Gasteiger partial charge >= 0.3 is 6.18 Å². The van der Waals surface area contributed by atoms with Gasteiger partial charge < -0.3 is 11.1 Å². The second kappa shape index (κ2) is 5.45. The van der Waals surface area contributed by atoms with E-state index in [4.69, 9.17) is 5.73 Å². The molecule has 106 valence electrons. The summed E-state index contributed by atoms with van der Waals surface area (Å²) in [6.07, 6.45) is -4.38. The molecule has 1 atom stereocenters. The lowest BCUT2D eigenvalue weighted by Crippen LogP contribution is -2.10. The third kappa shape index (κ3) is 3.23. The number of alkyl halides is 3. The topological polar surface area (TPSA) is 38.0 Å². The molecule has 0 amide bonds. The average Bonchev–Trinajstić information content (AvgIpc) is 2.41. The number of nitrogen functional groups attached to an aromatic ring is 1. The Labute approximate surface area is 115 Å². The molecule has 0 spiro atoms. The van der Waals surface area contributed by atoms with Crippen molar-refractivity contribution in [3.63, 3.8) is 0 Å². The van der Waals surface area contributed by atoms with E-state index >= 15 is 0 Å². The number of hydrogen-bond acceptors (Lipinski definition) is 2. The van der Waals surface area contributed by atoms with Gasteiger partial charge in [0, 0.05) is 6.04 Å². The summed E-state index contributed by atoms with van der Waals surface area (Å²) in [5, 5.41) is 3.11. The fourth-order valence-electron chi connectivity index (χ4n) is 1.93. The van der Waals surface area contributed by atoms with Gasteiger partial charge in [-0.05, 0) is 30.7 Å². The van der Waals surface area contributed by atoms with Gasteiger partial charge in [0.25, 0.3) is 0 Å². The Morgan fingerprint density at radius 1 is 1.05 bits per heavy atom. The number of anilines is 2. The van der Waals surface area contributed by atoms with E-state index in [2.05, 4.69) is 5.32 Å². The van der Waals surface area contributed by atoms with Crippen molar-refractivity contribution < 1.29 is 13.2 Å². The van der Waals surface area contributed by atoms with Crippen LogP contribution >= 0.6 is 0 Å². The van der Waals surface area contributed by atoms with E-state index in [1.165, 1.54) is 6.07 Å². The van der Waals surface area contributed by atoms with Crippen molar-refractivity contribution in [1.82, 2.24) is 0 Å². The molecule has 0 saturated carbocycles. The summed E-state index contributed by atoms with van der Waals surface area (Å²) >= 11 is 0. The van der Waals surface area contributed by atoms with Gasteiger partial charge in [0.2, 0.25) is 0 Å². The fraction of sp³-hybridized carbons (Fsp3) is 0.200. The first-order valence-electron chi connectivity index (χ1n) is 6.16. The highest BCUT2D eigenvalue weighted by atomic mass is 19.4. The van der Waals surface area contributed by atoms with Crippen LogP contribution in [0.3, 0.4) is 0 Å². The quantitative estimate of drug-likeness (QED) is 0.814. The summed E-state index contributed by atoms with van der Waals surface area (Å²) in [4.78, 5) is 0. The molecule has 0 radical (unpaired) electrons. The predicted octanol–water partition coefficient (Wildman–Crippen LogP) is 4.46. The molecule has 3 N–H and O–H groups in total. The largest absolute Gasteiger partial charge is 0.416 e. The molecule has 20 heavy (non-hydrogen) atoms. The highest BCUT2D eigenvalue weighted by Crippen LogP contribution is 2.33. The van der Waals surface area contributed by atoms with Gasteiger partial charge in [-0.25, -0.2) is 0 Å². The molecule has 0 saturated heterocycles. The summed E-state index contributed by atoms with van der Waals surface area (Å²) in [5.74, 6) is 0. The summed E-state index contributed by atoms with van der Waals surface area (Å²) in [6, 6.07) is 12.9. The number of benzene rings is 2. The molecule has 2 aromatic carbocycles. The van der Waals surface area contributed by atoms with Crippen LogP contribution in [0, 0.1) is 0 Å². The Bertz CT molecular complexity index is 579. The van der Waals surface area contributed by atoms with E-state index < -0.39 is 11.7 Å². The summed E-state index contributed by atoms with van der Waals surface area (Å²) in [6.45, 7) is 1.92. The van der Waals surface area contributed by atoms with E-state index in [0.717, 1.165) is 17.7 Å². The molecule has 2 nitrogen and oxygen atoms in total. The van der Waals surface area contributed by atoms with E-state index in [-0.39, 0.29) is 11.7 Å². The first-order valence-corrected chi connectivity index (χ1v) is 6.16. The average molecular weight is 280 g/mol. The molecule has 0 fully saturated rings. The number of nitrogens with two attached hydrogens (primary N) is 1. The van der Waals surface area contributed by atoms with Gasteiger partial charge in [0.1, 0.15) is 0 Å². The zero-order valence-corrected chi connectivity index (χ0v) is 10.9. The standard InChI is InChI=1S/C15H15F3N2/c1-10(11-5-3-2-4-6-11)20-14-8-7-12(9-13(14)19)15(16,17)18/h2-10,20H,19H2,1H3/t10-/m0/s1. The van der Waals surface area contributed by atoms with Crippen molar-refractivity contribution in [3.8, 4) is 0 Å². The SMILES string of the molecule is C[C@H](Nc1ccc(C(F)(F)F)cc1N)c1ccccc1. The maximum absolute atomic E-state index is 12.6. The van der Waals surface area contributed by atoms with E-state index in [1.807, 2.05) is 37.3 Å². The molecule has 0 unspecified atom stereocenters. The fourth-order valence-corrected chi connectivity index (χ4v) is 1.93. The normalized spacial score (nSPS) is 13.0. The van der Waals surface area contributed by atoms with Gasteiger partial charge in [-0.3, -0.25) is 0 Å². The van der Waals surface area contributed by atoms with E-state index in [1.54, 1.807) is 0 Å². The van der Waals surface area contributed by atoms with Crippen molar-refractivity contribution in [2.24, 2.45) is 0 Å². The van der Waals surface area contributed by atoms with Crippen LogP contribution < -0.4 is 11.1 Å². The molecule has 5 heteroatoms. The third-order valence-electron chi connectivity index (χ3n) is 3.05. The van der Waals surface area contributed by atoms with Crippen molar-refractivity contribution in [1.29, 1.82) is 0 Å². The molecule has 0 aliphatic rings. The van der Waals surface area contributed by atoms with Crippen molar-refractivity contribution in [3.05, 3.63) is 59.7 Å². The van der Waals surface area contributed by atoms with Crippen LogP contribution in [0.1, 0.15) is 24.1 Å². The van der Waals surface area contributed by atoms with Crippen molar-refractivity contribution >= 4 is 11.4 Å². The molecular formula is C15H15F3N2. The summed E-state index contributed by atoms with van der Waals surface area (Å²) < 4.78 is 37.7. The van der Waals surface area contributed by atoms with Gasteiger partial charge in [0.15, 0.2) is 0 Å². The van der Waals surface area contributed by atoms with Gasteiger partial charge in [-0.15, -0.1) is 0 Å². The summed E-state index contributed by atoms with van der Waals surface area (Å²) in [5.41, 5.74) is 6.55. The van der Waals surface area contributed by atoms with Crippen LogP contribution in [-0.2, 0) is 6.18 Å². The number of halogens is 3. The summed E-state index contributed by atoms with van der Waals surface area (Å²) in [7, 11) is 0. The maximum Gasteiger partial charge on any atom is 0.416 e. The minimum absolute atomic E-state index is 0.0461. The Hall–Kier alpha value is -2.17. The van der Waals surface area contributed by atoms with Crippen LogP contribution in [0.25, 0.3) is 0 Å². The highest BCUT2D eigenvalue weighted by Gasteiger charge is 2.30. The predicted molar refractivity (Wildman–Crippen MR) is 74.3 cm³/mol.